The minimum Gasteiger partial charge on any atom is -0.333 e. The molecule has 1 fully saturated rings. The topological polar surface area (TPSA) is 78.5 Å². The van der Waals surface area contributed by atoms with Gasteiger partial charge >= 0.3 is 0 Å². The monoisotopic (exact) mass is 373 g/mol. The van der Waals surface area contributed by atoms with Gasteiger partial charge in [0.15, 0.2) is 0 Å². The van der Waals surface area contributed by atoms with E-state index in [0.29, 0.717) is 12.1 Å². The van der Waals surface area contributed by atoms with E-state index in [9.17, 15) is 13.2 Å². The van der Waals surface area contributed by atoms with E-state index in [2.05, 4.69) is 10.0 Å². The molecule has 0 aromatic heterocycles. The van der Waals surface area contributed by atoms with Crippen molar-refractivity contribution in [2.24, 2.45) is 0 Å². The van der Waals surface area contributed by atoms with Crippen molar-refractivity contribution < 1.29 is 13.2 Å². The number of amides is 1. The maximum atomic E-state index is 12.8. The number of hydrogen-bond acceptors (Lipinski definition) is 4. The summed E-state index contributed by atoms with van der Waals surface area (Å²) in [5, 5.41) is 3.24. The predicted octanol–water partition coefficient (Wildman–Crippen LogP) is 1.60. The number of piperazine rings is 1. The molecule has 1 amide bonds. The minimum atomic E-state index is -3.69. The molecule has 1 atom stereocenters. The molecule has 2 aromatic rings. The highest BCUT2D eigenvalue weighted by Crippen LogP contribution is 2.16. The first-order chi connectivity index (χ1) is 12.5. The third kappa shape index (κ3) is 4.30. The molecule has 3 rings (SSSR count). The fraction of sp³-hybridized carbons (Fsp3) is 0.316. The Labute approximate surface area is 154 Å². The van der Waals surface area contributed by atoms with Crippen LogP contribution in [0.5, 0.6) is 0 Å². The second-order valence-corrected chi connectivity index (χ2v) is 8.16. The van der Waals surface area contributed by atoms with Gasteiger partial charge in [0.25, 0.3) is 5.91 Å². The van der Waals surface area contributed by atoms with Crippen LogP contribution >= 0.6 is 0 Å². The van der Waals surface area contributed by atoms with Gasteiger partial charge in [-0.3, -0.25) is 4.79 Å². The summed E-state index contributed by atoms with van der Waals surface area (Å²) in [5.41, 5.74) is 1.26. The molecule has 0 radical (unpaired) electrons. The Balaban J connectivity index is 1.76. The van der Waals surface area contributed by atoms with Crippen molar-refractivity contribution in [3.8, 4) is 0 Å². The summed E-state index contributed by atoms with van der Waals surface area (Å²) in [6.07, 6.45) is 0. The zero-order chi connectivity index (χ0) is 18.6. The van der Waals surface area contributed by atoms with E-state index in [1.165, 1.54) is 12.1 Å². The lowest BCUT2D eigenvalue weighted by atomic mass is 10.1. The van der Waals surface area contributed by atoms with Gasteiger partial charge in [-0.15, -0.1) is 0 Å². The number of hydrogen-bond donors (Lipinski definition) is 2. The highest BCUT2D eigenvalue weighted by atomic mass is 32.2. The average Bonchev–Trinajstić information content (AvgIpc) is 2.67. The quantitative estimate of drug-likeness (QED) is 0.834. The first kappa shape index (κ1) is 18.6. The number of nitrogens with one attached hydrogen (secondary N) is 2. The SMILES string of the molecule is CC1CNCCN1C(=O)c1cccc(S(=O)(=O)NCc2ccccc2)c1. The Bertz CT molecular complexity index is 869. The highest BCUT2D eigenvalue weighted by Gasteiger charge is 2.25. The normalized spacial score (nSPS) is 17.9. The van der Waals surface area contributed by atoms with Crippen molar-refractivity contribution in [1.29, 1.82) is 0 Å². The zero-order valence-corrected chi connectivity index (χ0v) is 15.5. The van der Waals surface area contributed by atoms with Gasteiger partial charge in [0.05, 0.1) is 4.90 Å². The van der Waals surface area contributed by atoms with Gasteiger partial charge in [0.2, 0.25) is 10.0 Å². The summed E-state index contributed by atoms with van der Waals surface area (Å²) >= 11 is 0. The van der Waals surface area contributed by atoms with Crippen LogP contribution in [0.25, 0.3) is 0 Å². The average molecular weight is 373 g/mol. The Hall–Kier alpha value is -2.22. The molecule has 0 aliphatic carbocycles. The van der Waals surface area contributed by atoms with Crippen molar-refractivity contribution in [3.05, 3.63) is 65.7 Å². The number of rotatable bonds is 5. The van der Waals surface area contributed by atoms with Crippen LogP contribution in [0.1, 0.15) is 22.8 Å². The Morgan fingerprint density at radius 2 is 1.96 bits per heavy atom. The van der Waals surface area contributed by atoms with E-state index in [4.69, 9.17) is 0 Å². The maximum absolute atomic E-state index is 12.8. The van der Waals surface area contributed by atoms with Crippen molar-refractivity contribution in [2.75, 3.05) is 19.6 Å². The van der Waals surface area contributed by atoms with Crippen LogP contribution in [0.2, 0.25) is 0 Å². The van der Waals surface area contributed by atoms with Crippen LogP contribution in [0, 0.1) is 0 Å². The zero-order valence-electron chi connectivity index (χ0n) is 14.7. The standard InChI is InChI=1S/C19H23N3O3S/c1-15-13-20-10-11-22(15)19(23)17-8-5-9-18(12-17)26(24,25)21-14-16-6-3-2-4-7-16/h2-9,12,15,20-21H,10-11,13-14H2,1H3. The van der Waals surface area contributed by atoms with Crippen LogP contribution in [-0.4, -0.2) is 44.9 Å². The Morgan fingerprint density at radius 3 is 2.69 bits per heavy atom. The van der Waals surface area contributed by atoms with Crippen molar-refractivity contribution in [2.45, 2.75) is 24.4 Å². The van der Waals surface area contributed by atoms with E-state index in [0.717, 1.165) is 18.7 Å². The molecule has 138 valence electrons. The Morgan fingerprint density at radius 1 is 1.19 bits per heavy atom. The first-order valence-electron chi connectivity index (χ1n) is 8.63. The lowest BCUT2D eigenvalue weighted by Gasteiger charge is -2.34. The fourth-order valence-electron chi connectivity index (χ4n) is 2.96. The summed E-state index contributed by atoms with van der Waals surface area (Å²) in [7, 11) is -3.69. The molecule has 1 saturated heterocycles. The third-order valence-electron chi connectivity index (χ3n) is 4.46. The van der Waals surface area contributed by atoms with Gasteiger partial charge in [0.1, 0.15) is 0 Å². The molecule has 26 heavy (non-hydrogen) atoms. The lowest BCUT2D eigenvalue weighted by Crippen LogP contribution is -2.52. The van der Waals surface area contributed by atoms with Crippen molar-refractivity contribution in [3.63, 3.8) is 0 Å². The molecule has 1 heterocycles. The smallest absolute Gasteiger partial charge is 0.254 e. The number of carbonyl (C=O) groups is 1. The number of sulfonamides is 1. The molecule has 2 N–H and O–H groups in total. The first-order valence-corrected chi connectivity index (χ1v) is 10.1. The Kier molecular flexibility index (Phi) is 5.70. The van der Waals surface area contributed by atoms with E-state index in [1.54, 1.807) is 17.0 Å². The van der Waals surface area contributed by atoms with Gasteiger partial charge in [-0.2, -0.15) is 0 Å². The number of nitrogens with zero attached hydrogens (tertiary/aromatic N) is 1. The van der Waals surface area contributed by atoms with Crippen LogP contribution in [0.3, 0.4) is 0 Å². The van der Waals surface area contributed by atoms with Crippen LogP contribution in [0.4, 0.5) is 0 Å². The van der Waals surface area contributed by atoms with E-state index in [1.807, 2.05) is 37.3 Å². The minimum absolute atomic E-state index is 0.0766. The second-order valence-electron chi connectivity index (χ2n) is 6.39. The second kappa shape index (κ2) is 7.99. The molecule has 7 heteroatoms. The molecule has 1 aliphatic rings. The number of carbonyl (C=O) groups excluding carboxylic acids is 1. The van der Waals surface area contributed by atoms with Gasteiger partial charge < -0.3 is 10.2 Å². The summed E-state index contributed by atoms with van der Waals surface area (Å²) in [5.74, 6) is -0.140. The summed E-state index contributed by atoms with van der Waals surface area (Å²) < 4.78 is 27.7. The predicted molar refractivity (Wildman–Crippen MR) is 100 cm³/mol. The molecule has 6 nitrogen and oxygen atoms in total. The molecule has 2 aromatic carbocycles. The summed E-state index contributed by atoms with van der Waals surface area (Å²) in [6.45, 7) is 4.28. The van der Waals surface area contributed by atoms with Gasteiger partial charge in [-0.1, -0.05) is 36.4 Å². The lowest BCUT2D eigenvalue weighted by molar-refractivity contribution is 0.0655. The van der Waals surface area contributed by atoms with E-state index in [-0.39, 0.29) is 23.4 Å². The molecule has 0 bridgehead atoms. The van der Waals surface area contributed by atoms with Crippen LogP contribution in [0.15, 0.2) is 59.5 Å². The highest BCUT2D eigenvalue weighted by molar-refractivity contribution is 7.89. The molecular weight excluding hydrogens is 350 g/mol. The van der Waals surface area contributed by atoms with Crippen molar-refractivity contribution in [1.82, 2.24) is 14.9 Å². The van der Waals surface area contributed by atoms with E-state index < -0.39 is 10.0 Å². The van der Waals surface area contributed by atoms with Crippen molar-refractivity contribution >= 4 is 15.9 Å². The van der Waals surface area contributed by atoms with Gasteiger partial charge in [-0.05, 0) is 30.7 Å². The molecule has 1 unspecified atom stereocenters. The maximum Gasteiger partial charge on any atom is 0.254 e. The molecule has 0 spiro atoms. The van der Waals surface area contributed by atoms with Gasteiger partial charge in [0, 0.05) is 37.8 Å². The molecule has 1 aliphatic heterocycles. The van der Waals surface area contributed by atoms with Crippen LogP contribution in [-0.2, 0) is 16.6 Å². The summed E-state index contributed by atoms with van der Waals surface area (Å²) in [4.78, 5) is 14.6. The molecule has 0 saturated carbocycles. The van der Waals surface area contributed by atoms with Gasteiger partial charge in [-0.25, -0.2) is 13.1 Å². The van der Waals surface area contributed by atoms with Crippen LogP contribution < -0.4 is 10.0 Å². The largest absolute Gasteiger partial charge is 0.333 e. The number of benzene rings is 2. The van der Waals surface area contributed by atoms with E-state index >= 15 is 0 Å². The third-order valence-corrected chi connectivity index (χ3v) is 5.86. The summed E-state index contributed by atoms with van der Waals surface area (Å²) in [6, 6.07) is 15.6. The molecular formula is C19H23N3O3S. The fourth-order valence-corrected chi connectivity index (χ4v) is 4.03.